The molecule has 1 heterocycles. The minimum atomic E-state index is -0.624. The number of piperidine rings is 1. The summed E-state index contributed by atoms with van der Waals surface area (Å²) in [5.41, 5.74) is -0.624. The normalized spacial score (nSPS) is 29.9. The van der Waals surface area contributed by atoms with Crippen LogP contribution in [0.5, 0.6) is 0 Å². The average Bonchev–Trinajstić information content (AvgIpc) is 2.14. The van der Waals surface area contributed by atoms with Crippen molar-refractivity contribution in [1.82, 2.24) is 4.90 Å². The highest BCUT2D eigenvalue weighted by Gasteiger charge is 2.30. The number of halogens is 1. The molecule has 1 N–H and O–H groups in total. The van der Waals surface area contributed by atoms with Gasteiger partial charge in [-0.3, -0.25) is 9.69 Å². The molecule has 1 fully saturated rings. The van der Waals surface area contributed by atoms with E-state index in [2.05, 4.69) is 25.6 Å². The molecule has 0 aromatic heterocycles. The molecule has 0 aromatic carbocycles. The fraction of sp³-hybridized carbons (Fsp3) is 0.900. The first-order chi connectivity index (χ1) is 6.94. The zero-order valence-corrected chi connectivity index (χ0v) is 10.8. The van der Waals surface area contributed by atoms with E-state index in [1.807, 2.05) is 6.92 Å². The Morgan fingerprint density at radius 2 is 2.40 bits per heavy atom. The van der Waals surface area contributed by atoms with Crippen LogP contribution >= 0.6 is 15.9 Å². The van der Waals surface area contributed by atoms with E-state index in [-0.39, 0.29) is 10.8 Å². The number of carbonyl (C=O) groups is 1. The summed E-state index contributed by atoms with van der Waals surface area (Å²) in [4.78, 5) is 13.0. The first-order valence-electron chi connectivity index (χ1n) is 5.11. The van der Waals surface area contributed by atoms with Crippen LogP contribution in [0.3, 0.4) is 0 Å². The number of likely N-dealkylation sites (tertiary alicyclic amines) is 1. The molecular formula is C10H18BrNO3. The van der Waals surface area contributed by atoms with Gasteiger partial charge in [0.2, 0.25) is 0 Å². The molecule has 2 atom stereocenters. The van der Waals surface area contributed by atoms with Gasteiger partial charge >= 0.3 is 5.97 Å². The van der Waals surface area contributed by atoms with Crippen LogP contribution in [0.4, 0.5) is 0 Å². The first-order valence-corrected chi connectivity index (χ1v) is 6.03. The lowest BCUT2D eigenvalue weighted by atomic mass is 9.95. The number of β-amino-alcohol motifs (C(OH)–C–C–N with tert-alkyl or cyclic N) is 1. The summed E-state index contributed by atoms with van der Waals surface area (Å²) in [5, 5.41) is 9.88. The van der Waals surface area contributed by atoms with Crippen LogP contribution in [0.25, 0.3) is 0 Å². The number of hydrogen-bond acceptors (Lipinski definition) is 4. The van der Waals surface area contributed by atoms with E-state index in [1.54, 1.807) is 0 Å². The van der Waals surface area contributed by atoms with E-state index in [0.717, 1.165) is 19.4 Å². The number of nitrogens with zero attached hydrogens (tertiary/aromatic N) is 1. The van der Waals surface area contributed by atoms with E-state index in [1.165, 1.54) is 7.11 Å². The van der Waals surface area contributed by atoms with Crippen molar-refractivity contribution in [3.05, 3.63) is 0 Å². The fourth-order valence-corrected chi connectivity index (χ4v) is 2.50. The van der Waals surface area contributed by atoms with Crippen molar-refractivity contribution in [3.8, 4) is 0 Å². The Hall–Kier alpha value is -0.130. The minimum Gasteiger partial charge on any atom is -0.468 e. The van der Waals surface area contributed by atoms with E-state index in [9.17, 15) is 9.90 Å². The lowest BCUT2D eigenvalue weighted by Crippen LogP contribution is -2.48. The second-order valence-corrected chi connectivity index (χ2v) is 5.43. The number of esters is 1. The number of hydrogen-bond donors (Lipinski definition) is 1. The summed E-state index contributed by atoms with van der Waals surface area (Å²) in [6.45, 7) is 3.96. The highest BCUT2D eigenvalue weighted by Crippen LogP contribution is 2.21. The van der Waals surface area contributed by atoms with Crippen molar-refractivity contribution in [2.24, 2.45) is 0 Å². The monoisotopic (exact) mass is 279 g/mol. The summed E-state index contributed by atoms with van der Waals surface area (Å²) in [5.74, 6) is -0.264. The molecule has 1 aliphatic rings. The molecule has 0 amide bonds. The van der Waals surface area contributed by atoms with Gasteiger partial charge in [-0.1, -0.05) is 15.9 Å². The van der Waals surface area contributed by atoms with Crippen molar-refractivity contribution < 1.29 is 14.6 Å². The second-order valence-electron chi connectivity index (χ2n) is 4.33. The minimum absolute atomic E-state index is 0.264. The molecule has 88 valence electrons. The summed E-state index contributed by atoms with van der Waals surface area (Å²) >= 11 is 3.28. The van der Waals surface area contributed by atoms with E-state index >= 15 is 0 Å². The zero-order chi connectivity index (χ0) is 11.5. The summed E-state index contributed by atoms with van der Waals surface area (Å²) < 4.78 is 4.63. The number of alkyl halides is 1. The van der Waals surface area contributed by atoms with Gasteiger partial charge in [0.05, 0.1) is 12.7 Å². The van der Waals surface area contributed by atoms with Crippen LogP contribution in [0.2, 0.25) is 0 Å². The Balaban J connectivity index is 2.41. The Labute approximate surface area is 98.7 Å². The van der Waals surface area contributed by atoms with Crippen LogP contribution < -0.4 is 0 Å². The molecule has 0 aromatic rings. The highest BCUT2D eigenvalue weighted by molar-refractivity contribution is 9.10. The highest BCUT2D eigenvalue weighted by atomic mass is 79.9. The number of methoxy groups -OCH3 is 1. The first kappa shape index (κ1) is 12.9. The topological polar surface area (TPSA) is 49.8 Å². The molecule has 2 unspecified atom stereocenters. The van der Waals surface area contributed by atoms with Crippen LogP contribution in [0, 0.1) is 0 Å². The van der Waals surface area contributed by atoms with Gasteiger partial charge in [-0.2, -0.15) is 0 Å². The molecule has 0 aliphatic carbocycles. The standard InChI is InChI=1S/C10H18BrNO3/c1-10(14)4-3-5-12(7-10)6-8(11)9(13)15-2/h8,14H,3-7H2,1-2H3. The Kier molecular flexibility index (Phi) is 4.55. The smallest absolute Gasteiger partial charge is 0.320 e. The van der Waals surface area contributed by atoms with Crippen LogP contribution in [-0.4, -0.2) is 53.1 Å². The predicted octanol–water partition coefficient (Wildman–Crippen LogP) is 0.770. The number of rotatable bonds is 3. The third kappa shape index (κ3) is 4.09. The van der Waals surface area contributed by atoms with Crippen molar-refractivity contribution >= 4 is 21.9 Å². The lowest BCUT2D eigenvalue weighted by molar-refractivity contribution is -0.140. The molecular weight excluding hydrogens is 262 g/mol. The third-order valence-corrected chi connectivity index (χ3v) is 3.29. The fourth-order valence-electron chi connectivity index (χ4n) is 1.91. The van der Waals surface area contributed by atoms with Gasteiger partial charge in [-0.25, -0.2) is 0 Å². The van der Waals surface area contributed by atoms with E-state index < -0.39 is 5.60 Å². The number of aliphatic hydroxyl groups is 1. The lowest BCUT2D eigenvalue weighted by Gasteiger charge is -2.37. The maximum atomic E-state index is 11.2. The Morgan fingerprint density at radius 3 is 2.93 bits per heavy atom. The van der Waals surface area contributed by atoms with Crippen LogP contribution in [-0.2, 0) is 9.53 Å². The summed E-state index contributed by atoms with van der Waals surface area (Å²) in [6, 6.07) is 0. The van der Waals surface area contributed by atoms with Crippen molar-refractivity contribution in [3.63, 3.8) is 0 Å². The predicted molar refractivity (Wildman–Crippen MR) is 61.0 cm³/mol. The molecule has 1 saturated heterocycles. The van der Waals surface area contributed by atoms with Gasteiger partial charge in [-0.05, 0) is 26.3 Å². The van der Waals surface area contributed by atoms with E-state index in [0.29, 0.717) is 13.1 Å². The molecule has 1 aliphatic heterocycles. The Morgan fingerprint density at radius 1 is 1.73 bits per heavy atom. The molecule has 0 saturated carbocycles. The average molecular weight is 280 g/mol. The maximum Gasteiger partial charge on any atom is 0.320 e. The molecule has 0 bridgehead atoms. The van der Waals surface area contributed by atoms with Crippen molar-refractivity contribution in [2.75, 3.05) is 26.7 Å². The SMILES string of the molecule is COC(=O)C(Br)CN1CCCC(C)(O)C1. The zero-order valence-electron chi connectivity index (χ0n) is 9.20. The van der Waals surface area contributed by atoms with Gasteiger partial charge in [0.1, 0.15) is 4.83 Å². The van der Waals surface area contributed by atoms with Gasteiger partial charge in [0, 0.05) is 13.1 Å². The van der Waals surface area contributed by atoms with Crippen molar-refractivity contribution in [2.45, 2.75) is 30.2 Å². The Bertz CT molecular complexity index is 233. The summed E-state index contributed by atoms with van der Waals surface area (Å²) in [6.07, 6.45) is 1.79. The second kappa shape index (κ2) is 5.27. The number of carbonyl (C=O) groups excluding carboxylic acids is 1. The molecule has 0 radical (unpaired) electrons. The molecule has 0 spiro atoms. The number of ether oxygens (including phenoxy) is 1. The molecule has 5 heteroatoms. The largest absolute Gasteiger partial charge is 0.468 e. The van der Waals surface area contributed by atoms with Crippen LogP contribution in [0.15, 0.2) is 0 Å². The third-order valence-electron chi connectivity index (χ3n) is 2.63. The van der Waals surface area contributed by atoms with E-state index in [4.69, 9.17) is 0 Å². The van der Waals surface area contributed by atoms with Gasteiger partial charge < -0.3 is 9.84 Å². The molecule has 15 heavy (non-hydrogen) atoms. The molecule has 1 rings (SSSR count). The van der Waals surface area contributed by atoms with Gasteiger partial charge in [0.15, 0.2) is 0 Å². The molecule has 4 nitrogen and oxygen atoms in total. The summed E-state index contributed by atoms with van der Waals surface area (Å²) in [7, 11) is 1.38. The maximum absolute atomic E-state index is 11.2. The van der Waals surface area contributed by atoms with Crippen LogP contribution in [0.1, 0.15) is 19.8 Å². The van der Waals surface area contributed by atoms with Crippen molar-refractivity contribution in [1.29, 1.82) is 0 Å². The van der Waals surface area contributed by atoms with Gasteiger partial charge in [0.25, 0.3) is 0 Å². The van der Waals surface area contributed by atoms with Gasteiger partial charge in [-0.15, -0.1) is 0 Å². The quantitative estimate of drug-likeness (QED) is 0.613.